The van der Waals surface area contributed by atoms with Crippen LogP contribution in [0.5, 0.6) is 0 Å². The number of ketones is 1. The van der Waals surface area contributed by atoms with Gasteiger partial charge in [-0.25, -0.2) is 8.42 Å². The second kappa shape index (κ2) is 10.4. The van der Waals surface area contributed by atoms with Crippen LogP contribution in [0.2, 0.25) is 0 Å². The third-order valence-corrected chi connectivity index (χ3v) is 5.14. The van der Waals surface area contributed by atoms with Crippen molar-refractivity contribution in [1.82, 2.24) is 20.2 Å². The number of rotatable bonds is 6. The maximum absolute atomic E-state index is 12.3. The summed E-state index contributed by atoms with van der Waals surface area (Å²) in [7, 11) is -4.75. The van der Waals surface area contributed by atoms with Crippen LogP contribution in [0.4, 0.5) is 20.4 Å². The third kappa shape index (κ3) is 6.17. The number of nitrogens with zero attached hydrogens (tertiary/aromatic N) is 4. The summed E-state index contributed by atoms with van der Waals surface area (Å²) in [6.45, 7) is 0. The van der Waals surface area contributed by atoms with Gasteiger partial charge in [-0.1, -0.05) is 65.8 Å². The van der Waals surface area contributed by atoms with Gasteiger partial charge in [0.05, 0.1) is 5.69 Å². The lowest BCUT2D eigenvalue weighted by atomic mass is 10.0. The molecule has 0 aliphatic heterocycles. The Morgan fingerprint density at radius 2 is 1.52 bits per heavy atom. The zero-order chi connectivity index (χ0) is 23.8. The average Bonchev–Trinajstić information content (AvgIpc) is 3.26. The molecule has 9 nitrogen and oxygen atoms in total. The molecule has 170 valence electrons. The number of nitrogens with two attached hydrogens (primary N) is 1. The van der Waals surface area contributed by atoms with E-state index < -0.39 is 15.8 Å². The molecule has 0 saturated carbocycles. The van der Waals surface area contributed by atoms with E-state index in [1.807, 2.05) is 30.3 Å². The summed E-state index contributed by atoms with van der Waals surface area (Å²) in [4.78, 5) is 12.2. The van der Waals surface area contributed by atoms with Crippen molar-refractivity contribution < 1.29 is 22.0 Å². The number of aromatic nitrogens is 4. The topological polar surface area (TPSA) is 133 Å². The summed E-state index contributed by atoms with van der Waals surface area (Å²) in [5.74, 6) is -3.57. The van der Waals surface area contributed by atoms with E-state index in [1.54, 1.807) is 35.1 Å². The molecule has 0 aliphatic rings. The van der Waals surface area contributed by atoms with Gasteiger partial charge in [-0.05, 0) is 34.7 Å². The quantitative estimate of drug-likeness (QED) is 0.412. The Balaban J connectivity index is 0.000000215. The Hall–Kier alpha value is -4.19. The number of nitrogen functional groups attached to an aromatic ring is 1. The lowest BCUT2D eigenvalue weighted by Crippen LogP contribution is -2.20. The van der Waals surface area contributed by atoms with Crippen molar-refractivity contribution in [3.05, 3.63) is 96.1 Å². The van der Waals surface area contributed by atoms with Crippen molar-refractivity contribution >= 4 is 27.4 Å². The van der Waals surface area contributed by atoms with E-state index in [0.717, 1.165) is 5.69 Å². The number of carbonyl (C=O) groups is 1. The highest BCUT2D eigenvalue weighted by Gasteiger charge is 2.24. The van der Waals surface area contributed by atoms with Crippen molar-refractivity contribution in [2.24, 2.45) is 0 Å². The number of anilines is 2. The van der Waals surface area contributed by atoms with E-state index in [4.69, 9.17) is 5.73 Å². The second-order valence-electron chi connectivity index (χ2n) is 6.47. The maximum atomic E-state index is 12.3. The van der Waals surface area contributed by atoms with Gasteiger partial charge in [0.15, 0.2) is 5.78 Å². The number of halogens is 2. The molecule has 0 radical (unpaired) electrons. The van der Waals surface area contributed by atoms with Crippen LogP contribution >= 0.6 is 0 Å². The minimum atomic E-state index is -4.75. The van der Waals surface area contributed by atoms with Gasteiger partial charge in [0.2, 0.25) is 5.95 Å². The first kappa shape index (κ1) is 23.5. The molecule has 0 amide bonds. The second-order valence-corrected chi connectivity index (χ2v) is 8.12. The number of benzene rings is 3. The normalized spacial score (nSPS) is 10.9. The molecule has 1 aromatic heterocycles. The molecule has 4 rings (SSSR count). The molecule has 33 heavy (non-hydrogen) atoms. The van der Waals surface area contributed by atoms with Crippen LogP contribution < -0.4 is 10.5 Å². The number of sulfonamides is 1. The van der Waals surface area contributed by atoms with E-state index in [1.165, 1.54) is 28.9 Å². The molecule has 0 spiro atoms. The summed E-state index contributed by atoms with van der Waals surface area (Å²) in [5.41, 5.74) is 6.90. The fourth-order valence-corrected chi connectivity index (χ4v) is 3.18. The lowest BCUT2D eigenvalue weighted by Gasteiger charge is -2.08. The Bertz CT molecular complexity index is 1320. The molecule has 3 N–H and O–H groups in total. The van der Waals surface area contributed by atoms with Gasteiger partial charge in [-0.3, -0.25) is 9.52 Å². The third-order valence-electron chi connectivity index (χ3n) is 4.15. The number of nitrogens with one attached hydrogen (secondary N) is 1. The predicted octanol–water partition coefficient (Wildman–Crippen LogP) is 3.13. The van der Waals surface area contributed by atoms with Crippen molar-refractivity contribution in [3.8, 4) is 5.69 Å². The number of carbonyl (C=O) groups excluding carboxylic acids is 1. The van der Waals surface area contributed by atoms with Crippen molar-refractivity contribution in [3.63, 3.8) is 0 Å². The van der Waals surface area contributed by atoms with Crippen molar-refractivity contribution in [2.45, 2.75) is 5.76 Å². The Kier molecular flexibility index (Phi) is 7.41. The molecule has 0 saturated heterocycles. The summed E-state index contributed by atoms with van der Waals surface area (Å²) < 4.78 is 50.0. The van der Waals surface area contributed by atoms with Crippen LogP contribution in [-0.2, 0) is 10.0 Å². The molecule has 0 unspecified atom stereocenters. The Labute approximate surface area is 187 Å². The Morgan fingerprint density at radius 3 is 2.09 bits per heavy atom. The van der Waals surface area contributed by atoms with Crippen LogP contribution in [-0.4, -0.2) is 40.2 Å². The average molecular weight is 472 g/mol. The van der Waals surface area contributed by atoms with Gasteiger partial charge >= 0.3 is 5.76 Å². The van der Waals surface area contributed by atoms with Gasteiger partial charge in [-0.2, -0.15) is 13.5 Å². The molecule has 0 fully saturated rings. The first-order valence-electron chi connectivity index (χ1n) is 9.37. The molecular weight excluding hydrogens is 454 g/mol. The molecule has 12 heteroatoms. The van der Waals surface area contributed by atoms with Gasteiger partial charge in [0.1, 0.15) is 0 Å². The fraction of sp³-hybridized carbons (Fsp3) is 0.0476. The van der Waals surface area contributed by atoms with Crippen LogP contribution in [0.1, 0.15) is 15.9 Å². The summed E-state index contributed by atoms with van der Waals surface area (Å²) >= 11 is 0. The van der Waals surface area contributed by atoms with Gasteiger partial charge in [0.25, 0.3) is 10.0 Å². The van der Waals surface area contributed by atoms with Crippen LogP contribution in [0.15, 0.2) is 84.9 Å². The molecule has 0 bridgehead atoms. The minimum absolute atomic E-state index is 0.0860. The van der Waals surface area contributed by atoms with E-state index in [-0.39, 0.29) is 17.0 Å². The minimum Gasteiger partial charge on any atom is -0.366 e. The van der Waals surface area contributed by atoms with E-state index in [2.05, 4.69) is 15.5 Å². The Morgan fingerprint density at radius 1 is 0.909 bits per heavy atom. The molecular formula is C21H18F2N6O3S. The van der Waals surface area contributed by atoms with E-state index in [0.29, 0.717) is 11.5 Å². The van der Waals surface area contributed by atoms with Crippen molar-refractivity contribution in [2.75, 3.05) is 10.5 Å². The molecule has 0 aliphatic carbocycles. The molecule has 1 heterocycles. The van der Waals surface area contributed by atoms with Crippen LogP contribution in [0.3, 0.4) is 0 Å². The standard InChI is InChI=1S/C14H11F2NO3S.C7H7N5/c15-14(16)21(19,20)17-12-8-4-7-11(9-12)13(18)10-5-2-1-3-6-10;8-7-9-10-11-12(7)6-4-2-1-3-5-6/h1-9,14,17H;1-5H,(H2,8,9,11). The number of para-hydroxylation sites is 1. The highest BCUT2D eigenvalue weighted by atomic mass is 32.2. The highest BCUT2D eigenvalue weighted by Crippen LogP contribution is 2.18. The number of hydrogen-bond acceptors (Lipinski definition) is 7. The van der Waals surface area contributed by atoms with Gasteiger partial charge in [0, 0.05) is 16.8 Å². The summed E-state index contributed by atoms with van der Waals surface area (Å²) in [5, 5.41) is 10.7. The van der Waals surface area contributed by atoms with Gasteiger partial charge < -0.3 is 5.73 Å². The maximum Gasteiger partial charge on any atom is 0.355 e. The monoisotopic (exact) mass is 472 g/mol. The van der Waals surface area contributed by atoms with Crippen LogP contribution in [0, 0.1) is 0 Å². The van der Waals surface area contributed by atoms with Gasteiger partial charge in [-0.15, -0.1) is 0 Å². The molecule has 4 aromatic rings. The number of alkyl halides is 2. The fourth-order valence-electron chi connectivity index (χ4n) is 2.64. The lowest BCUT2D eigenvalue weighted by molar-refractivity contribution is 0.103. The van der Waals surface area contributed by atoms with E-state index in [9.17, 15) is 22.0 Å². The zero-order valence-electron chi connectivity index (χ0n) is 16.9. The molecule has 0 atom stereocenters. The first-order chi connectivity index (χ1) is 15.8. The first-order valence-corrected chi connectivity index (χ1v) is 10.9. The largest absolute Gasteiger partial charge is 0.366 e. The SMILES string of the molecule is Nc1nnnn1-c1ccccc1.O=C(c1ccccc1)c1cccc(NS(=O)(=O)C(F)F)c1. The predicted molar refractivity (Wildman–Crippen MR) is 118 cm³/mol. The highest BCUT2D eigenvalue weighted by molar-refractivity contribution is 7.93. The number of tetrazole rings is 1. The zero-order valence-corrected chi connectivity index (χ0v) is 17.7. The van der Waals surface area contributed by atoms with Crippen molar-refractivity contribution in [1.29, 1.82) is 0 Å². The summed E-state index contributed by atoms with van der Waals surface area (Å²) in [6, 6.07) is 23.2. The number of hydrogen-bond donors (Lipinski definition) is 2. The van der Waals surface area contributed by atoms with Crippen LogP contribution in [0.25, 0.3) is 5.69 Å². The molecule has 3 aromatic carbocycles. The van der Waals surface area contributed by atoms with E-state index >= 15 is 0 Å². The smallest absolute Gasteiger partial charge is 0.355 e. The summed E-state index contributed by atoms with van der Waals surface area (Å²) in [6.07, 6.45) is 0.